The van der Waals surface area contributed by atoms with Crippen molar-refractivity contribution in [2.75, 3.05) is 19.6 Å². The van der Waals surface area contributed by atoms with Gasteiger partial charge in [0.2, 0.25) is 17.7 Å². The number of hydrogen-bond donors (Lipinski definition) is 0. The lowest BCUT2D eigenvalue weighted by atomic mass is 10.2. The van der Waals surface area contributed by atoms with E-state index in [0.717, 1.165) is 5.69 Å². The van der Waals surface area contributed by atoms with E-state index in [9.17, 15) is 4.79 Å². The second-order valence-electron chi connectivity index (χ2n) is 7.89. The number of carbonyl (C=O) groups excluding carboxylic acids is 1. The lowest BCUT2D eigenvalue weighted by Crippen LogP contribution is -2.42. The average Bonchev–Trinajstić information content (AvgIpc) is 3.34. The Balaban J connectivity index is 1.50. The van der Waals surface area contributed by atoms with Crippen LogP contribution in [0, 0.1) is 6.92 Å². The molecule has 10 heteroatoms. The average molecular weight is 425 g/mol. The summed E-state index contributed by atoms with van der Waals surface area (Å²) in [6, 6.07) is 5.85. The highest BCUT2D eigenvalue weighted by Crippen LogP contribution is 2.17. The van der Waals surface area contributed by atoms with Crippen molar-refractivity contribution < 1.29 is 14.1 Å². The quantitative estimate of drug-likeness (QED) is 0.562. The van der Waals surface area contributed by atoms with Crippen LogP contribution in [0.5, 0.6) is 0 Å². The van der Waals surface area contributed by atoms with Crippen LogP contribution in [0.15, 0.2) is 41.3 Å². The predicted molar refractivity (Wildman–Crippen MR) is 111 cm³/mol. The topological polar surface area (TPSA) is 102 Å². The molecule has 0 bridgehead atoms. The summed E-state index contributed by atoms with van der Waals surface area (Å²) in [7, 11) is 0. The molecule has 4 rings (SSSR count). The van der Waals surface area contributed by atoms with Crippen LogP contribution in [-0.4, -0.2) is 72.2 Å². The van der Waals surface area contributed by atoms with Gasteiger partial charge in [-0.1, -0.05) is 5.16 Å². The van der Waals surface area contributed by atoms with Crippen molar-refractivity contribution in [3.63, 3.8) is 0 Å². The molecule has 0 N–H and O–H groups in total. The summed E-state index contributed by atoms with van der Waals surface area (Å²) in [6.07, 6.45) is 5.18. The molecule has 3 aromatic rings. The molecule has 0 aliphatic carbocycles. The van der Waals surface area contributed by atoms with Gasteiger partial charge in [-0.2, -0.15) is 4.98 Å². The van der Waals surface area contributed by atoms with Gasteiger partial charge in [-0.15, -0.1) is 0 Å². The van der Waals surface area contributed by atoms with Crippen molar-refractivity contribution >= 4 is 5.91 Å². The van der Waals surface area contributed by atoms with Gasteiger partial charge in [-0.25, -0.2) is 9.97 Å². The summed E-state index contributed by atoms with van der Waals surface area (Å²) in [4.78, 5) is 29.8. The minimum absolute atomic E-state index is 0.0885. The Morgan fingerprint density at radius 2 is 2.03 bits per heavy atom. The first kappa shape index (κ1) is 21.1. The molecule has 0 unspecified atom stereocenters. The third kappa shape index (κ3) is 5.15. The van der Waals surface area contributed by atoms with Crippen molar-refractivity contribution in [2.45, 2.75) is 46.1 Å². The van der Waals surface area contributed by atoms with Crippen molar-refractivity contribution in [3.8, 4) is 5.95 Å². The van der Waals surface area contributed by atoms with Gasteiger partial charge in [0.25, 0.3) is 0 Å². The molecule has 1 atom stereocenters. The van der Waals surface area contributed by atoms with Crippen LogP contribution in [0.4, 0.5) is 0 Å². The van der Waals surface area contributed by atoms with E-state index in [0.29, 0.717) is 43.8 Å². The van der Waals surface area contributed by atoms with E-state index >= 15 is 0 Å². The second kappa shape index (κ2) is 9.36. The molecule has 164 valence electrons. The number of hydrogen-bond acceptors (Lipinski definition) is 8. The predicted octanol–water partition coefficient (Wildman–Crippen LogP) is 1.60. The lowest BCUT2D eigenvalue weighted by Gasteiger charge is -2.27. The van der Waals surface area contributed by atoms with Gasteiger partial charge < -0.3 is 14.2 Å². The fourth-order valence-electron chi connectivity index (χ4n) is 3.72. The highest BCUT2D eigenvalue weighted by molar-refractivity contribution is 5.79. The first-order chi connectivity index (χ1) is 15.0. The van der Waals surface area contributed by atoms with Gasteiger partial charge in [0.15, 0.2) is 5.82 Å². The molecule has 0 spiro atoms. The van der Waals surface area contributed by atoms with Crippen LogP contribution in [0.25, 0.3) is 5.95 Å². The van der Waals surface area contributed by atoms with Crippen LogP contribution in [0.3, 0.4) is 0 Å². The molecule has 1 aliphatic heterocycles. The van der Waals surface area contributed by atoms with Gasteiger partial charge in [0.1, 0.15) is 6.61 Å². The Kier molecular flexibility index (Phi) is 6.38. The largest absolute Gasteiger partial charge is 0.367 e. The van der Waals surface area contributed by atoms with Crippen LogP contribution < -0.4 is 0 Å². The molecule has 1 fully saturated rings. The number of amides is 1. The first-order valence-corrected chi connectivity index (χ1v) is 10.4. The maximum Gasteiger partial charge on any atom is 0.237 e. The smallest absolute Gasteiger partial charge is 0.237 e. The number of nitrogens with zero attached hydrogens (tertiary/aromatic N) is 7. The summed E-state index contributed by atoms with van der Waals surface area (Å²) in [5.74, 6) is 1.70. The number of aryl methyl sites for hydroxylation is 1. The molecule has 0 radical (unpaired) electrons. The van der Waals surface area contributed by atoms with Crippen LogP contribution in [0.2, 0.25) is 0 Å². The van der Waals surface area contributed by atoms with Crippen LogP contribution in [0.1, 0.15) is 31.3 Å². The normalized spacial score (nSPS) is 18.0. The summed E-state index contributed by atoms with van der Waals surface area (Å²) in [5.41, 5.74) is 1.00. The van der Waals surface area contributed by atoms with E-state index in [-0.39, 0.29) is 24.7 Å². The number of aromatic nitrogens is 5. The van der Waals surface area contributed by atoms with E-state index in [1.807, 2.05) is 41.6 Å². The Labute approximate surface area is 180 Å². The van der Waals surface area contributed by atoms with Gasteiger partial charge in [-0.05, 0) is 32.0 Å². The van der Waals surface area contributed by atoms with Crippen LogP contribution in [-0.2, 0) is 22.7 Å². The van der Waals surface area contributed by atoms with Crippen molar-refractivity contribution in [1.82, 2.24) is 34.5 Å². The maximum absolute atomic E-state index is 12.9. The van der Waals surface area contributed by atoms with Crippen molar-refractivity contribution in [2.24, 2.45) is 0 Å². The van der Waals surface area contributed by atoms with E-state index < -0.39 is 0 Å². The SMILES string of the molecule is Cc1nc(CO[C@H]2CN(Cc3cccn3-c3ncccn3)CC(=O)N(C(C)C)C2)no1. The Bertz CT molecular complexity index is 1000. The van der Waals surface area contributed by atoms with E-state index in [1.165, 1.54) is 0 Å². The molecular formula is C21H27N7O3. The standard InChI is InChI=1S/C21H27N7O3/c1-15(2)28-12-18(30-14-19-24-16(3)31-25-19)11-26(13-20(28)29)10-17-6-4-9-27(17)21-22-7-5-8-23-21/h4-9,15,18H,10-14H2,1-3H3/t18-/m0/s1. The van der Waals surface area contributed by atoms with Gasteiger partial charge in [-0.3, -0.25) is 14.3 Å². The Morgan fingerprint density at radius 3 is 2.74 bits per heavy atom. The van der Waals surface area contributed by atoms with E-state index in [2.05, 4.69) is 25.0 Å². The van der Waals surface area contributed by atoms with Gasteiger partial charge >= 0.3 is 0 Å². The van der Waals surface area contributed by atoms with E-state index in [4.69, 9.17) is 9.26 Å². The summed E-state index contributed by atoms with van der Waals surface area (Å²) >= 11 is 0. The first-order valence-electron chi connectivity index (χ1n) is 10.4. The van der Waals surface area contributed by atoms with E-state index in [1.54, 1.807) is 25.4 Å². The molecule has 31 heavy (non-hydrogen) atoms. The zero-order valence-electron chi connectivity index (χ0n) is 18.0. The molecule has 0 aromatic carbocycles. The van der Waals surface area contributed by atoms with Crippen molar-refractivity contribution in [1.29, 1.82) is 0 Å². The zero-order chi connectivity index (χ0) is 21.8. The summed E-state index contributed by atoms with van der Waals surface area (Å²) < 4.78 is 13.1. The Hall–Kier alpha value is -3.11. The molecule has 1 saturated heterocycles. The molecule has 3 aromatic heterocycles. The van der Waals surface area contributed by atoms with Gasteiger partial charge in [0, 0.05) is 56.9 Å². The summed E-state index contributed by atoms with van der Waals surface area (Å²) in [5, 5.41) is 3.90. The Morgan fingerprint density at radius 1 is 1.23 bits per heavy atom. The monoisotopic (exact) mass is 425 g/mol. The third-order valence-electron chi connectivity index (χ3n) is 5.17. The number of ether oxygens (including phenoxy) is 1. The molecule has 1 aliphatic rings. The summed E-state index contributed by atoms with van der Waals surface area (Å²) in [6.45, 7) is 8.04. The minimum atomic E-state index is -0.177. The van der Waals surface area contributed by atoms with Crippen molar-refractivity contribution in [3.05, 3.63) is 54.2 Å². The maximum atomic E-state index is 12.9. The zero-order valence-corrected chi connectivity index (χ0v) is 18.0. The molecule has 0 saturated carbocycles. The highest BCUT2D eigenvalue weighted by atomic mass is 16.5. The lowest BCUT2D eigenvalue weighted by molar-refractivity contribution is -0.133. The highest BCUT2D eigenvalue weighted by Gasteiger charge is 2.30. The fraction of sp³-hybridized carbons (Fsp3) is 0.476. The second-order valence-corrected chi connectivity index (χ2v) is 7.89. The molecule has 1 amide bonds. The van der Waals surface area contributed by atoms with Gasteiger partial charge in [0.05, 0.1) is 12.6 Å². The number of rotatable bonds is 7. The molecule has 4 heterocycles. The molecule has 10 nitrogen and oxygen atoms in total. The van der Waals surface area contributed by atoms with Crippen LogP contribution >= 0.6 is 0 Å². The molecular weight excluding hydrogens is 398 g/mol. The number of carbonyl (C=O) groups is 1. The minimum Gasteiger partial charge on any atom is -0.367 e. The third-order valence-corrected chi connectivity index (χ3v) is 5.17. The fourth-order valence-corrected chi connectivity index (χ4v) is 3.72.